The minimum absolute atomic E-state index is 0.00717. The van der Waals surface area contributed by atoms with Gasteiger partial charge in [0.15, 0.2) is 0 Å². The van der Waals surface area contributed by atoms with Crippen LogP contribution in [0.5, 0.6) is 0 Å². The van der Waals surface area contributed by atoms with Gasteiger partial charge in [0.05, 0.1) is 22.5 Å². The highest BCUT2D eigenvalue weighted by atomic mass is 19.4. The molecule has 0 spiro atoms. The van der Waals surface area contributed by atoms with Gasteiger partial charge in [-0.2, -0.15) is 47.4 Å². The molecule has 0 N–H and O–H groups in total. The Balaban J connectivity index is 1.46. The van der Waals surface area contributed by atoms with E-state index in [0.717, 1.165) is 18.2 Å². The highest BCUT2D eigenvalue weighted by molar-refractivity contribution is 6.07. The summed E-state index contributed by atoms with van der Waals surface area (Å²) in [6.45, 7) is -1.17. The topological polar surface area (TPSA) is 121 Å². The van der Waals surface area contributed by atoms with E-state index in [9.17, 15) is 56.2 Å². The number of nitriles is 4. The summed E-state index contributed by atoms with van der Waals surface area (Å²) in [7, 11) is 0. The van der Waals surface area contributed by atoms with E-state index in [1.165, 1.54) is 42.5 Å². The van der Waals surface area contributed by atoms with Gasteiger partial charge in [0.25, 0.3) is 0 Å². The Labute approximate surface area is 294 Å². The molecule has 2 aliphatic carbocycles. The number of rotatable bonds is 3. The zero-order chi connectivity index (χ0) is 38.0. The van der Waals surface area contributed by atoms with Gasteiger partial charge in [-0.05, 0) is 87.5 Å². The molecular weight excluding hydrogens is 704 g/mol. The summed E-state index contributed by atoms with van der Waals surface area (Å²) in [5, 5.41) is 39.8. The normalized spacial score (nSPS) is 12.5. The van der Waals surface area contributed by atoms with Crippen LogP contribution in [0.2, 0.25) is 0 Å². The van der Waals surface area contributed by atoms with Crippen LogP contribution >= 0.6 is 0 Å². The van der Waals surface area contributed by atoms with Gasteiger partial charge in [0.1, 0.15) is 59.3 Å². The molecule has 0 radical (unpaired) electrons. The highest BCUT2D eigenvalue weighted by Gasteiger charge is 2.38. The van der Waals surface area contributed by atoms with Crippen LogP contribution in [0, 0.1) is 51.1 Å². The van der Waals surface area contributed by atoms with Crippen molar-refractivity contribution in [3.63, 3.8) is 0 Å². The Bertz CT molecular complexity index is 2660. The van der Waals surface area contributed by atoms with E-state index < -0.39 is 47.1 Å². The van der Waals surface area contributed by atoms with Crippen molar-refractivity contribution in [2.45, 2.75) is 19.0 Å². The number of alkyl halides is 7. The zero-order valence-electron chi connectivity index (χ0n) is 26.3. The molecule has 0 atom stereocenters. The van der Waals surface area contributed by atoms with Gasteiger partial charge in [0, 0.05) is 22.3 Å². The molecule has 0 saturated carbocycles. The molecule has 4 aromatic carbocycles. The molecule has 5 aromatic rings. The SMILES string of the molecule is N#CC(C#N)=C1c2cc(-c3cc(F)cc(C(F)(F)F)c3)ccc2-c2nc3c(nc21)C(=C(C#N)C#N)c1cc(-c2cc(CF)cc(C(F)(F)F)c2)ccc1-3. The number of nitrogens with zero attached hydrogens (tertiary/aromatic N) is 6. The highest BCUT2D eigenvalue weighted by Crippen LogP contribution is 2.51. The van der Waals surface area contributed by atoms with Crippen molar-refractivity contribution >= 4 is 11.1 Å². The van der Waals surface area contributed by atoms with Crippen LogP contribution in [0.1, 0.15) is 39.2 Å². The lowest BCUT2D eigenvalue weighted by molar-refractivity contribution is -0.138. The standard InChI is InChI=1S/C39H14F8N6/c40-13-18-5-21(7-25(6-18)38(42,43)44)19-1-3-28-30(10-19)32(23(14-48)15-49)36-34(28)52-35-29-4-2-20(22-8-26(39(45,46)47)12-27(41)9-22)11-31(29)33(37(35)53-36)24(16-50)17-51/h1-12H,13H2. The van der Waals surface area contributed by atoms with Crippen molar-refractivity contribution in [1.82, 2.24) is 9.97 Å². The fraction of sp³-hybridized carbons (Fsp3) is 0.0769. The molecule has 53 heavy (non-hydrogen) atoms. The molecule has 7 rings (SSSR count). The third-order valence-electron chi connectivity index (χ3n) is 8.77. The summed E-state index contributed by atoms with van der Waals surface area (Å²) >= 11 is 0. The maximum atomic E-state index is 14.4. The van der Waals surface area contributed by atoms with E-state index in [2.05, 4.69) is 0 Å². The summed E-state index contributed by atoms with van der Waals surface area (Å²) in [5.74, 6) is -1.15. The molecule has 1 heterocycles. The van der Waals surface area contributed by atoms with Crippen LogP contribution in [0.15, 0.2) is 83.9 Å². The van der Waals surface area contributed by atoms with Gasteiger partial charge in [-0.25, -0.2) is 18.7 Å². The molecule has 2 aliphatic rings. The summed E-state index contributed by atoms with van der Waals surface area (Å²) in [6, 6.07) is 20.5. The molecule has 0 unspecified atom stereocenters. The first-order chi connectivity index (χ1) is 25.2. The second-order valence-electron chi connectivity index (χ2n) is 11.9. The molecule has 0 fully saturated rings. The van der Waals surface area contributed by atoms with Gasteiger partial charge in [0.2, 0.25) is 0 Å². The maximum Gasteiger partial charge on any atom is 0.416 e. The van der Waals surface area contributed by atoms with Crippen molar-refractivity contribution < 1.29 is 35.1 Å². The van der Waals surface area contributed by atoms with Crippen LogP contribution in [-0.2, 0) is 19.0 Å². The maximum absolute atomic E-state index is 14.4. The number of aromatic nitrogens is 2. The number of benzene rings is 4. The molecule has 0 aliphatic heterocycles. The predicted molar refractivity (Wildman–Crippen MR) is 173 cm³/mol. The quantitative estimate of drug-likeness (QED) is 0.132. The molecule has 256 valence electrons. The van der Waals surface area contributed by atoms with E-state index >= 15 is 0 Å². The first-order valence-electron chi connectivity index (χ1n) is 15.2. The molecule has 6 nitrogen and oxygen atoms in total. The summed E-state index contributed by atoms with van der Waals surface area (Å²) in [5.41, 5.74) is -2.14. The number of hydrogen-bond donors (Lipinski definition) is 0. The van der Waals surface area contributed by atoms with Crippen LogP contribution in [0.3, 0.4) is 0 Å². The van der Waals surface area contributed by atoms with E-state index in [1.807, 2.05) is 0 Å². The minimum Gasteiger partial charge on any atom is -0.246 e. The van der Waals surface area contributed by atoms with Gasteiger partial charge in [-0.15, -0.1) is 0 Å². The summed E-state index contributed by atoms with van der Waals surface area (Å²) in [6.07, 6.45) is -9.63. The third-order valence-corrected chi connectivity index (χ3v) is 8.77. The Morgan fingerprint density at radius 2 is 0.943 bits per heavy atom. The number of halogens is 8. The molecule has 0 bridgehead atoms. The van der Waals surface area contributed by atoms with Gasteiger partial charge >= 0.3 is 12.4 Å². The first-order valence-corrected chi connectivity index (χ1v) is 15.2. The number of allylic oxidation sites excluding steroid dienone is 2. The second-order valence-corrected chi connectivity index (χ2v) is 11.9. The predicted octanol–water partition coefficient (Wildman–Crippen LogP) is 10.1. The molecule has 0 amide bonds. The minimum atomic E-state index is -4.85. The molecule has 1 aromatic heterocycles. The summed E-state index contributed by atoms with van der Waals surface area (Å²) < 4.78 is 110. The Hall–Kier alpha value is -7.16. The Morgan fingerprint density at radius 3 is 1.38 bits per heavy atom. The fourth-order valence-electron chi connectivity index (χ4n) is 6.49. The lowest BCUT2D eigenvalue weighted by Crippen LogP contribution is -2.06. The average molecular weight is 719 g/mol. The smallest absolute Gasteiger partial charge is 0.246 e. The summed E-state index contributed by atoms with van der Waals surface area (Å²) in [4.78, 5) is 9.49. The van der Waals surface area contributed by atoms with E-state index in [1.54, 1.807) is 24.3 Å². The van der Waals surface area contributed by atoms with Gasteiger partial charge < -0.3 is 0 Å². The van der Waals surface area contributed by atoms with Crippen LogP contribution < -0.4 is 0 Å². The molecule has 0 saturated heterocycles. The fourth-order valence-corrected chi connectivity index (χ4v) is 6.49. The van der Waals surface area contributed by atoms with Crippen LogP contribution in [0.4, 0.5) is 35.1 Å². The molecular formula is C39H14F8N6. The lowest BCUT2D eigenvalue weighted by atomic mass is 9.94. The van der Waals surface area contributed by atoms with Crippen molar-refractivity contribution in [2.24, 2.45) is 0 Å². The second kappa shape index (κ2) is 12.3. The van der Waals surface area contributed by atoms with Crippen LogP contribution in [0.25, 0.3) is 55.9 Å². The Kier molecular flexibility index (Phi) is 7.93. The zero-order valence-corrected chi connectivity index (χ0v) is 26.3. The van der Waals surface area contributed by atoms with Gasteiger partial charge in [-0.1, -0.05) is 24.3 Å². The number of hydrogen-bond acceptors (Lipinski definition) is 6. The third kappa shape index (κ3) is 5.64. The van der Waals surface area contributed by atoms with E-state index in [0.29, 0.717) is 23.3 Å². The van der Waals surface area contributed by atoms with Crippen molar-refractivity contribution in [3.05, 3.63) is 129 Å². The van der Waals surface area contributed by atoms with Gasteiger partial charge in [-0.3, -0.25) is 0 Å². The van der Waals surface area contributed by atoms with Crippen molar-refractivity contribution in [3.8, 4) is 69.0 Å². The largest absolute Gasteiger partial charge is 0.416 e. The average Bonchev–Trinajstić information content (AvgIpc) is 3.62. The number of fused-ring (bicyclic) bond motifs is 6. The van der Waals surface area contributed by atoms with Crippen molar-refractivity contribution in [2.75, 3.05) is 0 Å². The Morgan fingerprint density at radius 1 is 0.509 bits per heavy atom. The van der Waals surface area contributed by atoms with E-state index in [-0.39, 0.29) is 72.9 Å². The van der Waals surface area contributed by atoms with Crippen molar-refractivity contribution in [1.29, 1.82) is 21.0 Å². The molecule has 14 heteroatoms. The van der Waals surface area contributed by atoms with E-state index in [4.69, 9.17) is 9.97 Å². The lowest BCUT2D eigenvalue weighted by Gasteiger charge is -2.12. The monoisotopic (exact) mass is 718 g/mol. The van der Waals surface area contributed by atoms with Crippen LogP contribution in [-0.4, -0.2) is 9.97 Å². The first kappa shape index (κ1) is 34.3.